The Balaban J connectivity index is 1.34. The number of carbonyl (C=O) groups excluding carboxylic acids is 3. The van der Waals surface area contributed by atoms with Crippen LogP contribution < -0.4 is 10.6 Å². The van der Waals surface area contributed by atoms with Gasteiger partial charge in [0.2, 0.25) is 5.91 Å². The zero-order valence-electron chi connectivity index (χ0n) is 16.8. The Hall–Kier alpha value is -3.13. The topological polar surface area (TPSA) is 98.7 Å². The number of amides is 1. The number of hydrogen-bond acceptors (Lipinski definition) is 6. The van der Waals surface area contributed by atoms with Crippen LogP contribution in [0.4, 0.5) is 4.79 Å². The Kier molecular flexibility index (Phi) is 5.34. The van der Waals surface area contributed by atoms with Crippen molar-refractivity contribution >= 4 is 28.7 Å². The highest BCUT2D eigenvalue weighted by molar-refractivity contribution is 5.94. The van der Waals surface area contributed by atoms with Crippen molar-refractivity contribution in [2.75, 3.05) is 13.2 Å². The van der Waals surface area contributed by atoms with Crippen molar-refractivity contribution in [3.05, 3.63) is 49.3 Å². The van der Waals surface area contributed by atoms with E-state index in [0.29, 0.717) is 19.4 Å². The number of benzene rings is 1. The third kappa shape index (κ3) is 3.70. The predicted molar refractivity (Wildman–Crippen MR) is 110 cm³/mol. The monoisotopic (exact) mass is 411 g/mol. The fraction of sp³-hybridized carbons (Fsp3) is 0.409. The lowest BCUT2D eigenvalue weighted by atomic mass is 10.1. The number of fused-ring (bicyclic) bond motifs is 1. The number of carbonyl (C=O) groups is 3. The highest BCUT2D eigenvalue weighted by atomic mass is 16.6. The molecule has 30 heavy (non-hydrogen) atoms. The van der Waals surface area contributed by atoms with Crippen molar-refractivity contribution in [1.82, 2.24) is 15.2 Å². The van der Waals surface area contributed by atoms with Crippen LogP contribution in [0.2, 0.25) is 0 Å². The standard InChI is InChI=1S/C22H25N3O5/c1-3-16-10-22(16,20(27)29-4-2)24-19(26)18-9-17(11-23-18)30-21(28)25-12-14-7-5-6-8-15(14)13-25/h3,5-8,12-13,16-18,23H,1,4,9-11H2,2H3,(H,24,26)/t16-,17-,18+,22-/m1/s1. The molecule has 158 valence electrons. The van der Waals surface area contributed by atoms with E-state index < -0.39 is 29.7 Å². The highest BCUT2D eigenvalue weighted by Gasteiger charge is 2.61. The minimum Gasteiger partial charge on any atom is -0.464 e. The molecule has 0 bridgehead atoms. The molecule has 2 fully saturated rings. The number of esters is 1. The van der Waals surface area contributed by atoms with E-state index in [4.69, 9.17) is 9.47 Å². The molecule has 4 rings (SSSR count). The summed E-state index contributed by atoms with van der Waals surface area (Å²) in [6.07, 6.45) is 4.97. The molecule has 8 nitrogen and oxygen atoms in total. The lowest BCUT2D eigenvalue weighted by molar-refractivity contribution is -0.149. The van der Waals surface area contributed by atoms with E-state index in [1.165, 1.54) is 4.57 Å². The van der Waals surface area contributed by atoms with Gasteiger partial charge in [0.15, 0.2) is 0 Å². The maximum absolute atomic E-state index is 12.7. The molecule has 2 aliphatic rings. The number of nitrogens with one attached hydrogen (secondary N) is 2. The first-order valence-electron chi connectivity index (χ1n) is 10.1. The second-order valence-corrected chi connectivity index (χ2v) is 7.72. The Bertz CT molecular complexity index is 967. The summed E-state index contributed by atoms with van der Waals surface area (Å²) in [5, 5.41) is 7.78. The molecule has 0 radical (unpaired) electrons. The third-order valence-corrected chi connectivity index (χ3v) is 5.72. The first-order chi connectivity index (χ1) is 14.5. The van der Waals surface area contributed by atoms with Gasteiger partial charge in [-0.3, -0.25) is 9.36 Å². The van der Waals surface area contributed by atoms with Gasteiger partial charge in [-0.1, -0.05) is 30.3 Å². The SMILES string of the molecule is C=C[C@@H]1C[C@]1(NC(=O)[C@@H]1C[C@@H](OC(=O)n2cc3ccccc3c2)CN1)C(=O)OCC. The molecule has 2 heterocycles. The molecule has 1 aliphatic carbocycles. The summed E-state index contributed by atoms with van der Waals surface area (Å²) in [5.41, 5.74) is -1.03. The van der Waals surface area contributed by atoms with Crippen molar-refractivity contribution in [1.29, 1.82) is 0 Å². The van der Waals surface area contributed by atoms with Gasteiger partial charge in [0.05, 0.1) is 12.6 Å². The number of nitrogens with zero attached hydrogens (tertiary/aromatic N) is 1. The second kappa shape index (κ2) is 7.95. The van der Waals surface area contributed by atoms with Crippen molar-refractivity contribution in [3.8, 4) is 0 Å². The first-order valence-corrected chi connectivity index (χ1v) is 10.1. The zero-order chi connectivity index (χ0) is 21.3. The maximum atomic E-state index is 12.7. The molecule has 8 heteroatoms. The van der Waals surface area contributed by atoms with Gasteiger partial charge in [0, 0.05) is 31.3 Å². The van der Waals surface area contributed by atoms with E-state index in [-0.39, 0.29) is 18.4 Å². The summed E-state index contributed by atoms with van der Waals surface area (Å²) in [5.74, 6) is -0.889. The number of hydrogen-bond donors (Lipinski definition) is 2. The molecule has 1 aliphatic heterocycles. The van der Waals surface area contributed by atoms with Crippen LogP contribution in [-0.4, -0.2) is 53.4 Å². The van der Waals surface area contributed by atoms with Gasteiger partial charge in [0.25, 0.3) is 0 Å². The predicted octanol–water partition coefficient (Wildman–Crippen LogP) is 1.98. The van der Waals surface area contributed by atoms with Gasteiger partial charge < -0.3 is 20.1 Å². The molecule has 0 spiro atoms. The van der Waals surface area contributed by atoms with Gasteiger partial charge in [-0.05, 0) is 24.1 Å². The largest absolute Gasteiger partial charge is 0.464 e. The molecule has 0 unspecified atom stereocenters. The van der Waals surface area contributed by atoms with Gasteiger partial charge >= 0.3 is 12.1 Å². The molecule has 1 saturated carbocycles. The van der Waals surface area contributed by atoms with Gasteiger partial charge in [0.1, 0.15) is 11.6 Å². The van der Waals surface area contributed by atoms with Crippen LogP contribution in [0.25, 0.3) is 10.8 Å². The van der Waals surface area contributed by atoms with Gasteiger partial charge in [-0.25, -0.2) is 9.59 Å². The Labute approximate surface area is 174 Å². The van der Waals surface area contributed by atoms with Gasteiger partial charge in [-0.15, -0.1) is 6.58 Å². The average Bonchev–Trinajstić information content (AvgIpc) is 3.06. The van der Waals surface area contributed by atoms with E-state index in [2.05, 4.69) is 17.2 Å². The van der Waals surface area contributed by atoms with Gasteiger partial charge in [-0.2, -0.15) is 0 Å². The summed E-state index contributed by atoms with van der Waals surface area (Å²) in [4.78, 5) is 37.5. The lowest BCUT2D eigenvalue weighted by Gasteiger charge is -2.20. The minimum atomic E-state index is -1.03. The van der Waals surface area contributed by atoms with Crippen LogP contribution in [0, 0.1) is 5.92 Å². The van der Waals surface area contributed by atoms with E-state index in [9.17, 15) is 14.4 Å². The summed E-state index contributed by atoms with van der Waals surface area (Å²) in [6.45, 7) is 6.05. The van der Waals surface area contributed by atoms with E-state index in [1.807, 2.05) is 24.3 Å². The van der Waals surface area contributed by atoms with Crippen LogP contribution in [0.3, 0.4) is 0 Å². The van der Waals surface area contributed by atoms with Crippen molar-refractivity contribution in [3.63, 3.8) is 0 Å². The molecular formula is C22H25N3O5. The van der Waals surface area contributed by atoms with Crippen molar-refractivity contribution < 1.29 is 23.9 Å². The summed E-state index contributed by atoms with van der Waals surface area (Å²) in [7, 11) is 0. The minimum absolute atomic E-state index is 0.140. The summed E-state index contributed by atoms with van der Waals surface area (Å²) in [6, 6.07) is 7.10. The Morgan fingerprint density at radius 1 is 1.30 bits per heavy atom. The fourth-order valence-corrected chi connectivity index (χ4v) is 3.95. The van der Waals surface area contributed by atoms with Crippen molar-refractivity contribution in [2.24, 2.45) is 5.92 Å². The molecule has 4 atom stereocenters. The zero-order valence-corrected chi connectivity index (χ0v) is 16.8. The fourth-order valence-electron chi connectivity index (χ4n) is 3.95. The second-order valence-electron chi connectivity index (χ2n) is 7.72. The Morgan fingerprint density at radius 2 is 2.00 bits per heavy atom. The first kappa shape index (κ1) is 20.2. The summed E-state index contributed by atoms with van der Waals surface area (Å²) < 4.78 is 12.1. The van der Waals surface area contributed by atoms with E-state index >= 15 is 0 Å². The lowest BCUT2D eigenvalue weighted by Crippen LogP contribution is -2.51. The molecule has 2 aromatic rings. The smallest absolute Gasteiger partial charge is 0.418 e. The summed E-state index contributed by atoms with van der Waals surface area (Å²) >= 11 is 0. The maximum Gasteiger partial charge on any atom is 0.418 e. The van der Waals surface area contributed by atoms with Crippen LogP contribution in [-0.2, 0) is 19.1 Å². The quantitative estimate of drug-likeness (QED) is 0.557. The highest BCUT2D eigenvalue weighted by Crippen LogP contribution is 2.45. The molecule has 1 aromatic heterocycles. The Morgan fingerprint density at radius 3 is 2.60 bits per heavy atom. The molecule has 1 amide bonds. The molecule has 1 saturated heterocycles. The van der Waals surface area contributed by atoms with E-state index in [0.717, 1.165) is 10.8 Å². The molecule has 1 aromatic carbocycles. The number of ether oxygens (including phenoxy) is 2. The van der Waals surface area contributed by atoms with Crippen LogP contribution >= 0.6 is 0 Å². The normalized spacial score (nSPS) is 27.4. The van der Waals surface area contributed by atoms with E-state index in [1.54, 1.807) is 25.4 Å². The third-order valence-electron chi connectivity index (χ3n) is 5.72. The number of aromatic nitrogens is 1. The molecule has 2 N–H and O–H groups in total. The van der Waals surface area contributed by atoms with Crippen LogP contribution in [0.5, 0.6) is 0 Å². The van der Waals surface area contributed by atoms with Crippen LogP contribution in [0.15, 0.2) is 49.3 Å². The van der Waals surface area contributed by atoms with Crippen LogP contribution in [0.1, 0.15) is 19.8 Å². The van der Waals surface area contributed by atoms with Crippen molar-refractivity contribution in [2.45, 2.75) is 37.5 Å². The average molecular weight is 411 g/mol. The molecular weight excluding hydrogens is 386 g/mol. The number of rotatable bonds is 6.